The van der Waals surface area contributed by atoms with Crippen molar-refractivity contribution < 1.29 is 4.42 Å². The lowest BCUT2D eigenvalue weighted by atomic mass is 9.85. The zero-order valence-electron chi connectivity index (χ0n) is 26.4. The third kappa shape index (κ3) is 3.94. The molecule has 0 spiro atoms. The molecule has 10 rings (SSSR count). The van der Waals surface area contributed by atoms with Crippen LogP contribution in [0.1, 0.15) is 5.56 Å². The second-order valence-corrected chi connectivity index (χ2v) is 12.6. The summed E-state index contributed by atoms with van der Waals surface area (Å²) in [7, 11) is 0. The molecule has 2 nitrogen and oxygen atoms in total. The van der Waals surface area contributed by atoms with Crippen molar-refractivity contribution in [2.24, 2.45) is 0 Å². The zero-order valence-corrected chi connectivity index (χ0v) is 26.4. The standard InChI is InChI=1S/C47H27NO/c48-28-41-30-16-4-6-18-32(30)44(33-19-7-5-17-31(33)41)38-24-13-27-42-46(38)40-26-12-25-39(47(40)49-42)45-36-22-10-8-20-34(36)43(29-14-2-1-3-15-29)35-21-9-11-23-37(35)45/h1-27H. The Labute approximate surface area is 282 Å². The van der Waals surface area contributed by atoms with Crippen LogP contribution in [-0.4, -0.2) is 0 Å². The molecule has 0 aliphatic rings. The van der Waals surface area contributed by atoms with Crippen molar-refractivity contribution in [2.75, 3.05) is 0 Å². The molecule has 0 bridgehead atoms. The highest BCUT2D eigenvalue weighted by Gasteiger charge is 2.23. The van der Waals surface area contributed by atoms with Gasteiger partial charge in [0.15, 0.2) is 0 Å². The van der Waals surface area contributed by atoms with Crippen LogP contribution in [0, 0.1) is 11.3 Å². The molecule has 0 amide bonds. The molecule has 0 radical (unpaired) electrons. The summed E-state index contributed by atoms with van der Waals surface area (Å²) in [6, 6.07) is 60.1. The third-order valence-corrected chi connectivity index (χ3v) is 10.1. The fraction of sp³-hybridized carbons (Fsp3) is 0. The molecule has 226 valence electrons. The van der Waals surface area contributed by atoms with Gasteiger partial charge >= 0.3 is 0 Å². The van der Waals surface area contributed by atoms with Crippen LogP contribution in [0.4, 0.5) is 0 Å². The first-order valence-electron chi connectivity index (χ1n) is 16.6. The first-order valence-corrected chi connectivity index (χ1v) is 16.6. The molecular formula is C47H27NO. The fourth-order valence-electron chi connectivity index (χ4n) is 8.13. The minimum absolute atomic E-state index is 0.708. The van der Waals surface area contributed by atoms with E-state index in [1.165, 1.54) is 38.2 Å². The summed E-state index contributed by atoms with van der Waals surface area (Å²) in [6.07, 6.45) is 0. The van der Waals surface area contributed by atoms with Gasteiger partial charge in [-0.1, -0.05) is 158 Å². The highest BCUT2D eigenvalue weighted by molar-refractivity contribution is 6.27. The van der Waals surface area contributed by atoms with Gasteiger partial charge in [-0.05, 0) is 60.6 Å². The predicted octanol–water partition coefficient (Wildman–Crippen LogP) is 13.1. The second kappa shape index (κ2) is 10.7. The summed E-state index contributed by atoms with van der Waals surface area (Å²) < 4.78 is 6.93. The van der Waals surface area contributed by atoms with Crippen molar-refractivity contribution in [2.45, 2.75) is 0 Å². The van der Waals surface area contributed by atoms with Gasteiger partial charge in [-0.2, -0.15) is 5.26 Å². The fourth-order valence-corrected chi connectivity index (χ4v) is 8.13. The van der Waals surface area contributed by atoms with Gasteiger partial charge in [0.05, 0.1) is 5.56 Å². The van der Waals surface area contributed by atoms with Gasteiger partial charge in [-0.15, -0.1) is 0 Å². The Bertz CT molecular complexity index is 2880. The van der Waals surface area contributed by atoms with Crippen LogP contribution in [0.2, 0.25) is 0 Å². The highest BCUT2D eigenvalue weighted by Crippen LogP contribution is 2.49. The van der Waals surface area contributed by atoms with Crippen molar-refractivity contribution in [1.82, 2.24) is 0 Å². The summed E-state index contributed by atoms with van der Waals surface area (Å²) in [6.45, 7) is 0. The molecule has 0 fully saturated rings. The molecular weight excluding hydrogens is 595 g/mol. The Hall–Kier alpha value is -6.69. The van der Waals surface area contributed by atoms with Gasteiger partial charge in [0.25, 0.3) is 0 Å². The van der Waals surface area contributed by atoms with Crippen molar-refractivity contribution in [1.29, 1.82) is 5.26 Å². The van der Waals surface area contributed by atoms with E-state index in [4.69, 9.17) is 4.42 Å². The number of nitrogens with zero attached hydrogens (tertiary/aromatic N) is 1. The number of fused-ring (bicyclic) bond motifs is 7. The van der Waals surface area contributed by atoms with Gasteiger partial charge in [-0.3, -0.25) is 0 Å². The summed E-state index contributed by atoms with van der Waals surface area (Å²) in [5, 5.41) is 21.3. The lowest BCUT2D eigenvalue weighted by Gasteiger charge is -2.17. The number of rotatable bonds is 3. The van der Waals surface area contributed by atoms with E-state index in [-0.39, 0.29) is 0 Å². The number of hydrogen-bond donors (Lipinski definition) is 0. The molecule has 9 aromatic carbocycles. The Balaban J connectivity index is 1.33. The molecule has 0 saturated carbocycles. The number of benzene rings is 9. The molecule has 10 aromatic rings. The van der Waals surface area contributed by atoms with E-state index in [1.807, 2.05) is 12.1 Å². The number of para-hydroxylation sites is 1. The summed E-state index contributed by atoms with van der Waals surface area (Å²) in [5.74, 6) is 0. The lowest BCUT2D eigenvalue weighted by Crippen LogP contribution is -1.91. The Morgan fingerprint density at radius 1 is 0.367 bits per heavy atom. The molecule has 0 N–H and O–H groups in total. The SMILES string of the molecule is N#Cc1c2ccccc2c(-c2cccc3oc4c(-c5c6ccccc6c(-c6ccccc6)c6ccccc56)cccc4c23)c2ccccc12. The maximum Gasteiger partial charge on any atom is 0.143 e. The van der Waals surface area contributed by atoms with Crippen LogP contribution >= 0.6 is 0 Å². The lowest BCUT2D eigenvalue weighted by molar-refractivity contribution is 0.670. The number of hydrogen-bond acceptors (Lipinski definition) is 2. The predicted molar refractivity (Wildman–Crippen MR) is 205 cm³/mol. The largest absolute Gasteiger partial charge is 0.455 e. The molecule has 0 aliphatic carbocycles. The van der Waals surface area contributed by atoms with E-state index in [0.717, 1.165) is 60.2 Å². The second-order valence-electron chi connectivity index (χ2n) is 12.6. The van der Waals surface area contributed by atoms with Gasteiger partial charge in [0.1, 0.15) is 17.2 Å². The van der Waals surface area contributed by atoms with Crippen LogP contribution < -0.4 is 0 Å². The van der Waals surface area contributed by atoms with E-state index < -0.39 is 0 Å². The smallest absolute Gasteiger partial charge is 0.143 e. The van der Waals surface area contributed by atoms with Crippen LogP contribution in [0.5, 0.6) is 0 Å². The monoisotopic (exact) mass is 621 g/mol. The van der Waals surface area contributed by atoms with E-state index in [1.54, 1.807) is 0 Å². The van der Waals surface area contributed by atoms with E-state index >= 15 is 0 Å². The normalized spacial score (nSPS) is 11.7. The minimum atomic E-state index is 0.708. The average molecular weight is 622 g/mol. The maximum absolute atomic E-state index is 10.3. The molecule has 0 aliphatic heterocycles. The van der Waals surface area contributed by atoms with Gasteiger partial charge in [0, 0.05) is 32.7 Å². The number of furan rings is 1. The first kappa shape index (κ1) is 27.4. The van der Waals surface area contributed by atoms with E-state index in [0.29, 0.717) is 5.56 Å². The van der Waals surface area contributed by atoms with Crippen molar-refractivity contribution >= 4 is 65.0 Å². The van der Waals surface area contributed by atoms with E-state index in [9.17, 15) is 5.26 Å². The van der Waals surface area contributed by atoms with Crippen molar-refractivity contribution in [3.8, 4) is 39.4 Å². The van der Waals surface area contributed by atoms with Gasteiger partial charge in [0.2, 0.25) is 0 Å². The molecule has 1 heterocycles. The quantitative estimate of drug-likeness (QED) is 0.184. The molecule has 0 saturated heterocycles. The zero-order chi connectivity index (χ0) is 32.5. The summed E-state index contributed by atoms with van der Waals surface area (Å²) in [5.41, 5.74) is 9.32. The Morgan fingerprint density at radius 3 is 1.37 bits per heavy atom. The topological polar surface area (TPSA) is 36.9 Å². The molecule has 1 aromatic heterocycles. The van der Waals surface area contributed by atoms with Gasteiger partial charge < -0.3 is 4.42 Å². The summed E-state index contributed by atoms with van der Waals surface area (Å²) >= 11 is 0. The average Bonchev–Trinajstić information content (AvgIpc) is 3.56. The van der Waals surface area contributed by atoms with Crippen LogP contribution in [0.25, 0.3) is 98.4 Å². The highest BCUT2D eigenvalue weighted by atomic mass is 16.3. The molecule has 0 unspecified atom stereocenters. The van der Waals surface area contributed by atoms with Crippen molar-refractivity contribution in [3.63, 3.8) is 0 Å². The maximum atomic E-state index is 10.3. The van der Waals surface area contributed by atoms with Crippen LogP contribution in [0.15, 0.2) is 168 Å². The first-order chi connectivity index (χ1) is 24.3. The molecule has 0 atom stereocenters. The van der Waals surface area contributed by atoms with Gasteiger partial charge in [-0.25, -0.2) is 0 Å². The third-order valence-electron chi connectivity index (χ3n) is 10.1. The number of nitriles is 1. The van der Waals surface area contributed by atoms with Crippen molar-refractivity contribution in [3.05, 3.63) is 169 Å². The summed E-state index contributed by atoms with van der Waals surface area (Å²) in [4.78, 5) is 0. The molecule has 49 heavy (non-hydrogen) atoms. The Kier molecular flexibility index (Phi) is 5.97. The van der Waals surface area contributed by atoms with Crippen LogP contribution in [0.3, 0.4) is 0 Å². The minimum Gasteiger partial charge on any atom is -0.455 e. The van der Waals surface area contributed by atoms with E-state index in [2.05, 4.69) is 158 Å². The Morgan fingerprint density at radius 2 is 0.796 bits per heavy atom. The molecule has 2 heteroatoms. The van der Waals surface area contributed by atoms with Crippen LogP contribution in [-0.2, 0) is 0 Å².